The van der Waals surface area contributed by atoms with Gasteiger partial charge in [0.05, 0.1) is 28.1 Å². The van der Waals surface area contributed by atoms with Gasteiger partial charge in [-0.05, 0) is 87.6 Å². The van der Waals surface area contributed by atoms with Crippen LogP contribution in [0.5, 0.6) is 0 Å². The molecule has 0 radical (unpaired) electrons. The number of nitrogens with one attached hydrogen (secondary N) is 1. The van der Waals surface area contributed by atoms with Gasteiger partial charge in [0.1, 0.15) is 22.9 Å². The van der Waals surface area contributed by atoms with Crippen molar-refractivity contribution < 1.29 is 37.5 Å². The molecule has 54 heavy (non-hydrogen) atoms. The Morgan fingerprint density at radius 3 is 2.28 bits per heavy atom. The summed E-state index contributed by atoms with van der Waals surface area (Å²) < 4.78 is 27.4. The van der Waals surface area contributed by atoms with Crippen LogP contribution in [0, 0.1) is 5.92 Å². The second-order valence-corrected chi connectivity index (χ2v) is 19.0. The lowest BCUT2D eigenvalue weighted by Crippen LogP contribution is -2.63. The fraction of sp³-hybridized carbons (Fsp3) is 0.622. The summed E-state index contributed by atoms with van der Waals surface area (Å²) in [5, 5.41) is 21.5. The minimum Gasteiger partial charge on any atom is -0.384 e. The molecule has 2 saturated heterocycles. The SMILES string of the molecule is CC(C)(O)c1cnnn1[C@H]1C[C@@H](C(=O)NC2(C(=O)C(N)=O)CCSCC2)N(C(=O)/C(CC2CCCCC2)=N/C(=O)c2ccc(S(=O)(=O)C3CCC3)cc2)C1. The topological polar surface area (TPSA) is 224 Å². The molecule has 292 valence electrons. The Balaban J connectivity index is 1.34. The van der Waals surface area contributed by atoms with Crippen molar-refractivity contribution in [3.63, 3.8) is 0 Å². The highest BCUT2D eigenvalue weighted by Gasteiger charge is 2.49. The number of nitrogens with zero attached hydrogens (tertiary/aromatic N) is 5. The molecule has 2 aliphatic carbocycles. The summed E-state index contributed by atoms with van der Waals surface area (Å²) in [6.07, 6.45) is 8.74. The molecule has 0 spiro atoms. The number of sulfone groups is 1. The van der Waals surface area contributed by atoms with E-state index < -0.39 is 67.7 Å². The number of carbonyl (C=O) groups excluding carboxylic acids is 5. The third kappa shape index (κ3) is 8.32. The van der Waals surface area contributed by atoms with E-state index in [2.05, 4.69) is 20.6 Å². The predicted octanol–water partition coefficient (Wildman–Crippen LogP) is 2.66. The van der Waals surface area contributed by atoms with Crippen LogP contribution in [0.25, 0.3) is 0 Å². The number of aliphatic imine (C=N–C) groups is 1. The smallest absolute Gasteiger partial charge is 0.287 e. The van der Waals surface area contributed by atoms with Crippen molar-refractivity contribution in [2.75, 3.05) is 18.1 Å². The first-order chi connectivity index (χ1) is 25.6. The Morgan fingerprint density at radius 2 is 1.69 bits per heavy atom. The van der Waals surface area contributed by atoms with Gasteiger partial charge < -0.3 is 21.1 Å². The van der Waals surface area contributed by atoms with E-state index in [9.17, 15) is 37.5 Å². The van der Waals surface area contributed by atoms with Crippen molar-refractivity contribution in [3.05, 3.63) is 41.7 Å². The number of hydrogen-bond acceptors (Lipinski definition) is 11. The number of ketones is 1. The van der Waals surface area contributed by atoms with Gasteiger partial charge in [-0.2, -0.15) is 11.8 Å². The Morgan fingerprint density at radius 1 is 1.02 bits per heavy atom. The molecule has 0 bridgehead atoms. The number of carbonyl (C=O) groups is 5. The summed E-state index contributed by atoms with van der Waals surface area (Å²) >= 11 is 1.58. The van der Waals surface area contributed by atoms with Gasteiger partial charge in [0, 0.05) is 18.5 Å². The molecule has 2 aliphatic heterocycles. The van der Waals surface area contributed by atoms with Crippen LogP contribution >= 0.6 is 11.8 Å². The number of rotatable bonds is 12. The van der Waals surface area contributed by atoms with Crippen LogP contribution in [-0.4, -0.2) is 103 Å². The quantitative estimate of drug-likeness (QED) is 0.210. The van der Waals surface area contributed by atoms with Crippen molar-refractivity contribution in [2.45, 2.75) is 124 Å². The lowest BCUT2D eigenvalue weighted by atomic mass is 9.85. The van der Waals surface area contributed by atoms with Crippen molar-refractivity contribution >= 4 is 56.7 Å². The summed E-state index contributed by atoms with van der Waals surface area (Å²) in [6.45, 7) is 3.09. The van der Waals surface area contributed by atoms with Gasteiger partial charge in [-0.15, -0.1) is 5.10 Å². The number of primary amides is 1. The molecule has 1 aromatic heterocycles. The van der Waals surface area contributed by atoms with Gasteiger partial charge in [0.2, 0.25) is 11.7 Å². The van der Waals surface area contributed by atoms with Crippen LogP contribution < -0.4 is 11.1 Å². The fourth-order valence-electron chi connectivity index (χ4n) is 7.96. The van der Waals surface area contributed by atoms with E-state index in [1.165, 1.54) is 40.0 Å². The molecule has 4 N–H and O–H groups in total. The lowest BCUT2D eigenvalue weighted by Gasteiger charge is -2.37. The molecule has 2 aromatic rings. The highest BCUT2D eigenvalue weighted by Crippen LogP contribution is 2.35. The van der Waals surface area contributed by atoms with E-state index in [0.29, 0.717) is 30.0 Å². The number of aromatic nitrogens is 3. The molecule has 3 heterocycles. The second-order valence-electron chi connectivity index (χ2n) is 15.6. The zero-order valence-electron chi connectivity index (χ0n) is 30.7. The van der Waals surface area contributed by atoms with Crippen LogP contribution in [-0.2, 0) is 34.6 Å². The molecule has 6 rings (SSSR count). The van der Waals surface area contributed by atoms with Crippen molar-refractivity contribution in [2.24, 2.45) is 16.6 Å². The molecule has 17 heteroatoms. The highest BCUT2D eigenvalue weighted by molar-refractivity contribution is 7.99. The maximum Gasteiger partial charge on any atom is 0.287 e. The Labute approximate surface area is 319 Å². The summed E-state index contributed by atoms with van der Waals surface area (Å²) in [7, 11) is -3.51. The Kier molecular flexibility index (Phi) is 11.8. The number of amides is 4. The van der Waals surface area contributed by atoms with Crippen LogP contribution in [0.3, 0.4) is 0 Å². The van der Waals surface area contributed by atoms with Crippen molar-refractivity contribution in [1.82, 2.24) is 25.2 Å². The number of aliphatic hydroxyl groups is 1. The minimum absolute atomic E-state index is 0.0290. The summed E-state index contributed by atoms with van der Waals surface area (Å²) in [4.78, 5) is 74.0. The van der Waals surface area contributed by atoms with Crippen LogP contribution in [0.4, 0.5) is 0 Å². The third-order valence-corrected chi connectivity index (χ3v) is 14.6. The second kappa shape index (κ2) is 16.0. The molecule has 1 aromatic carbocycles. The monoisotopic (exact) mass is 783 g/mol. The van der Waals surface area contributed by atoms with Crippen LogP contribution in [0.15, 0.2) is 40.4 Å². The Hall–Kier alpha value is -3.96. The standard InChI is InChI=1S/C37H49N7O8S2/c1-36(2,50)30-21-39-42-44(30)25-20-29(34(48)41-37(31(45)32(38)46)15-17-53-18-16-37)43(22-25)35(49)28(19-23-7-4-3-5-8-23)40-33(47)24-11-13-27(14-12-24)54(51,52)26-9-6-10-26/h11-14,21,23,25-26,29,50H,3-10,15-20,22H2,1-2H3,(H2,38,46)(H,41,48)/b40-28+/t25-,29-/m0/s1. The average molecular weight is 784 g/mol. The molecule has 15 nitrogen and oxygen atoms in total. The zero-order chi connectivity index (χ0) is 38.8. The maximum absolute atomic E-state index is 14.8. The molecular weight excluding hydrogens is 735 g/mol. The number of thioether (sulfide) groups is 1. The first kappa shape index (κ1) is 39.7. The van der Waals surface area contributed by atoms with E-state index in [4.69, 9.17) is 5.73 Å². The summed E-state index contributed by atoms with van der Waals surface area (Å²) in [5.74, 6) is -2.99. The maximum atomic E-state index is 14.8. The zero-order valence-corrected chi connectivity index (χ0v) is 32.4. The summed E-state index contributed by atoms with van der Waals surface area (Å²) in [5.41, 5.74) is 3.00. The van der Waals surface area contributed by atoms with Crippen molar-refractivity contribution in [3.8, 4) is 0 Å². The number of hydrogen-bond donors (Lipinski definition) is 3. The molecule has 2 atom stereocenters. The minimum atomic E-state index is -3.51. The van der Waals surface area contributed by atoms with Gasteiger partial charge in [-0.3, -0.25) is 24.0 Å². The number of benzene rings is 1. The lowest BCUT2D eigenvalue weighted by molar-refractivity contribution is -0.143. The van der Waals surface area contributed by atoms with Gasteiger partial charge in [0.15, 0.2) is 9.84 Å². The normalized spacial score (nSPS) is 22.7. The van der Waals surface area contributed by atoms with Gasteiger partial charge in [-0.25, -0.2) is 18.1 Å². The molecule has 2 saturated carbocycles. The van der Waals surface area contributed by atoms with E-state index in [1.807, 2.05) is 0 Å². The molecule has 4 fully saturated rings. The third-order valence-electron chi connectivity index (χ3n) is 11.4. The first-order valence-electron chi connectivity index (χ1n) is 18.7. The van der Waals surface area contributed by atoms with E-state index in [1.54, 1.807) is 25.6 Å². The summed E-state index contributed by atoms with van der Waals surface area (Å²) in [6, 6.07) is 3.81. The molecule has 4 aliphatic rings. The van der Waals surface area contributed by atoms with E-state index >= 15 is 0 Å². The van der Waals surface area contributed by atoms with E-state index in [0.717, 1.165) is 38.5 Å². The molecule has 4 amide bonds. The van der Waals surface area contributed by atoms with Gasteiger partial charge in [-0.1, -0.05) is 43.7 Å². The van der Waals surface area contributed by atoms with Gasteiger partial charge >= 0.3 is 0 Å². The fourth-order valence-corrected chi connectivity index (χ4v) is 11.0. The number of nitrogens with two attached hydrogens (primary N) is 1. The van der Waals surface area contributed by atoms with Crippen LogP contribution in [0.2, 0.25) is 0 Å². The largest absolute Gasteiger partial charge is 0.384 e. The first-order valence-corrected chi connectivity index (χ1v) is 21.4. The van der Waals surface area contributed by atoms with Crippen LogP contribution in [0.1, 0.15) is 113 Å². The predicted molar refractivity (Wildman–Crippen MR) is 200 cm³/mol. The number of likely N-dealkylation sites (tertiary alicyclic amines) is 1. The molecule has 0 unspecified atom stereocenters. The average Bonchev–Trinajstić information content (AvgIpc) is 3.79. The van der Waals surface area contributed by atoms with Gasteiger partial charge in [0.25, 0.3) is 17.7 Å². The Bertz CT molecular complexity index is 1910. The van der Waals surface area contributed by atoms with Crippen molar-refractivity contribution in [1.29, 1.82) is 0 Å². The molecular formula is C37H49N7O8S2. The van der Waals surface area contributed by atoms with E-state index in [-0.39, 0.29) is 54.3 Å². The highest BCUT2D eigenvalue weighted by atomic mass is 32.2. The number of Topliss-reactive ketones (excluding diaryl/α,β-unsaturated/α-hetero) is 1.